The lowest BCUT2D eigenvalue weighted by Crippen LogP contribution is -2.56. The molecule has 3 aliphatic carbocycles. The molecule has 0 saturated carbocycles. The number of amides is 2. The van der Waals surface area contributed by atoms with Crippen molar-refractivity contribution in [3.05, 3.63) is 101 Å². The predicted molar refractivity (Wildman–Crippen MR) is 118 cm³/mol. The van der Waals surface area contributed by atoms with Gasteiger partial charge in [-0.2, -0.15) is 0 Å². The number of benzene rings is 3. The highest BCUT2D eigenvalue weighted by Gasteiger charge is 2.72. The van der Waals surface area contributed by atoms with Gasteiger partial charge in [-0.05, 0) is 34.4 Å². The number of anilines is 1. The quantitative estimate of drug-likeness (QED) is 0.321. The van der Waals surface area contributed by atoms with Gasteiger partial charge in [0.05, 0.1) is 26.2 Å². The van der Waals surface area contributed by atoms with E-state index in [-0.39, 0.29) is 17.5 Å². The number of halogens is 3. The Morgan fingerprint density at radius 1 is 0.667 bits per heavy atom. The number of carbonyl (C=O) groups excluding carboxylic acids is 2. The first-order valence-electron chi connectivity index (χ1n) is 9.62. The van der Waals surface area contributed by atoms with Gasteiger partial charge in [0.2, 0.25) is 11.8 Å². The van der Waals surface area contributed by atoms with Crippen LogP contribution in [0, 0.1) is 17.7 Å². The molecule has 2 unspecified atom stereocenters. The minimum Gasteiger partial charge on any atom is -0.274 e. The highest BCUT2D eigenvalue weighted by molar-refractivity contribution is 9.10. The molecule has 3 nitrogen and oxygen atoms in total. The Hall–Kier alpha value is -2.31. The number of rotatable bonds is 1. The average molecular weight is 527 g/mol. The molecule has 2 bridgehead atoms. The zero-order valence-corrected chi connectivity index (χ0v) is 18.7. The van der Waals surface area contributed by atoms with Crippen LogP contribution in [0.4, 0.5) is 10.1 Å². The maximum atomic E-state index is 14.6. The van der Waals surface area contributed by atoms with Crippen LogP contribution in [-0.4, -0.2) is 11.8 Å². The lowest BCUT2D eigenvalue weighted by molar-refractivity contribution is -0.122. The SMILES string of the molecule is O=C1C2C(C(=O)N1c1ccccc1F)C1(Br)c3ccccc3C2(Br)c2ccccc21. The van der Waals surface area contributed by atoms with Crippen LogP contribution in [0.1, 0.15) is 22.3 Å². The van der Waals surface area contributed by atoms with E-state index in [1.807, 2.05) is 48.5 Å². The zero-order valence-electron chi connectivity index (χ0n) is 15.5. The summed E-state index contributed by atoms with van der Waals surface area (Å²) in [6, 6.07) is 21.7. The van der Waals surface area contributed by atoms with Crippen LogP contribution in [0.3, 0.4) is 0 Å². The van der Waals surface area contributed by atoms with Gasteiger partial charge < -0.3 is 0 Å². The third-order valence-corrected chi connectivity index (χ3v) is 9.37. The minimum absolute atomic E-state index is 0.00149. The van der Waals surface area contributed by atoms with E-state index in [1.165, 1.54) is 12.1 Å². The molecule has 30 heavy (non-hydrogen) atoms. The van der Waals surface area contributed by atoms with Gasteiger partial charge in [-0.25, -0.2) is 9.29 Å². The average Bonchev–Trinajstić information content (AvgIpc) is 3.04. The lowest BCUT2D eigenvalue weighted by atomic mass is 9.54. The fraction of sp³-hybridized carbons (Fsp3) is 0.167. The van der Waals surface area contributed by atoms with Crippen molar-refractivity contribution < 1.29 is 14.0 Å². The summed E-state index contributed by atoms with van der Waals surface area (Å²) in [6.45, 7) is 0. The van der Waals surface area contributed by atoms with Crippen molar-refractivity contribution in [2.24, 2.45) is 11.8 Å². The van der Waals surface area contributed by atoms with Crippen molar-refractivity contribution >= 4 is 49.4 Å². The molecule has 3 aromatic carbocycles. The lowest BCUT2D eigenvalue weighted by Gasteiger charge is -2.55. The van der Waals surface area contributed by atoms with E-state index in [4.69, 9.17) is 0 Å². The summed E-state index contributed by atoms with van der Waals surface area (Å²) in [7, 11) is 0. The molecule has 6 heteroatoms. The van der Waals surface area contributed by atoms with E-state index in [2.05, 4.69) is 31.9 Å². The van der Waals surface area contributed by atoms with Gasteiger partial charge in [0.15, 0.2) is 0 Å². The van der Waals surface area contributed by atoms with Crippen molar-refractivity contribution in [1.82, 2.24) is 0 Å². The van der Waals surface area contributed by atoms with Crippen molar-refractivity contribution in [1.29, 1.82) is 0 Å². The van der Waals surface area contributed by atoms with E-state index >= 15 is 0 Å². The molecule has 0 spiro atoms. The molecule has 3 aromatic rings. The number of para-hydroxylation sites is 1. The van der Waals surface area contributed by atoms with Crippen LogP contribution in [-0.2, 0) is 18.2 Å². The summed E-state index contributed by atoms with van der Waals surface area (Å²) in [5.41, 5.74) is 3.83. The standard InChI is InChI=1S/C24H14Br2FNO2/c25-23-13-7-1-2-8-14(13)24(26,16-10-4-3-9-15(16)23)20-19(23)21(29)28(22(20)30)18-12-6-5-11-17(18)27/h1-12,19-20H. The second-order valence-corrected chi connectivity index (χ2v) is 10.4. The Balaban J connectivity index is 1.68. The van der Waals surface area contributed by atoms with Crippen LogP contribution in [0.25, 0.3) is 0 Å². The van der Waals surface area contributed by atoms with Crippen LogP contribution in [0.15, 0.2) is 72.8 Å². The fourth-order valence-electron chi connectivity index (χ4n) is 5.54. The minimum atomic E-state index is -0.868. The Morgan fingerprint density at radius 2 is 1.03 bits per heavy atom. The maximum absolute atomic E-state index is 14.6. The Morgan fingerprint density at radius 3 is 1.43 bits per heavy atom. The summed E-state index contributed by atoms with van der Waals surface area (Å²) < 4.78 is 12.9. The molecule has 2 atom stereocenters. The van der Waals surface area contributed by atoms with Crippen LogP contribution < -0.4 is 4.90 Å². The molecule has 1 fully saturated rings. The van der Waals surface area contributed by atoms with Crippen molar-refractivity contribution in [3.63, 3.8) is 0 Å². The predicted octanol–water partition coefficient (Wildman–Crippen LogP) is 5.24. The Kier molecular flexibility index (Phi) is 3.62. The molecule has 0 aromatic heterocycles. The van der Waals surface area contributed by atoms with E-state index in [1.54, 1.807) is 12.1 Å². The topological polar surface area (TPSA) is 37.4 Å². The van der Waals surface area contributed by atoms with Crippen molar-refractivity contribution in [2.45, 2.75) is 8.65 Å². The molecule has 7 rings (SSSR count). The first-order chi connectivity index (χ1) is 14.4. The van der Waals surface area contributed by atoms with E-state index in [9.17, 15) is 14.0 Å². The highest BCUT2D eigenvalue weighted by atomic mass is 79.9. The number of hydrogen-bond acceptors (Lipinski definition) is 2. The van der Waals surface area contributed by atoms with Crippen molar-refractivity contribution in [2.75, 3.05) is 4.90 Å². The van der Waals surface area contributed by atoms with Gasteiger partial charge >= 0.3 is 0 Å². The summed E-state index contributed by atoms with van der Waals surface area (Å²) >= 11 is 7.87. The molecule has 1 aliphatic heterocycles. The Labute approximate surface area is 189 Å². The molecule has 2 amide bonds. The summed E-state index contributed by atoms with van der Waals surface area (Å²) in [6.07, 6.45) is 0. The highest BCUT2D eigenvalue weighted by Crippen LogP contribution is 2.70. The molecular weight excluding hydrogens is 513 g/mol. The van der Waals surface area contributed by atoms with Crippen molar-refractivity contribution in [3.8, 4) is 0 Å². The van der Waals surface area contributed by atoms with Gasteiger partial charge in [0, 0.05) is 0 Å². The van der Waals surface area contributed by atoms with E-state index in [0.29, 0.717) is 0 Å². The molecule has 148 valence electrons. The van der Waals surface area contributed by atoms with Gasteiger partial charge in [0.25, 0.3) is 0 Å². The zero-order chi connectivity index (χ0) is 20.8. The van der Waals surface area contributed by atoms with E-state index < -0.39 is 26.3 Å². The Bertz CT molecular complexity index is 1150. The number of nitrogens with zero attached hydrogens (tertiary/aromatic N) is 1. The van der Waals surface area contributed by atoms with Gasteiger partial charge in [0.1, 0.15) is 5.82 Å². The summed E-state index contributed by atoms with van der Waals surface area (Å²) in [5, 5.41) is 0. The first-order valence-corrected chi connectivity index (χ1v) is 11.2. The second kappa shape index (κ2) is 5.89. The normalized spacial score (nSPS) is 30.8. The van der Waals surface area contributed by atoms with Gasteiger partial charge in [-0.1, -0.05) is 92.5 Å². The molecule has 4 aliphatic rings. The fourth-order valence-corrected chi connectivity index (χ4v) is 7.84. The molecular formula is C24H14Br2FNO2. The summed E-state index contributed by atoms with van der Waals surface area (Å²) in [4.78, 5) is 28.5. The van der Waals surface area contributed by atoms with Crippen LogP contribution in [0.2, 0.25) is 0 Å². The number of hydrogen-bond donors (Lipinski definition) is 0. The molecule has 1 saturated heterocycles. The summed E-state index contributed by atoms with van der Waals surface area (Å²) in [5.74, 6) is -2.77. The van der Waals surface area contributed by atoms with E-state index in [0.717, 1.165) is 27.2 Å². The third-order valence-electron chi connectivity index (χ3n) is 6.68. The maximum Gasteiger partial charge on any atom is 0.239 e. The monoisotopic (exact) mass is 525 g/mol. The molecule has 0 N–H and O–H groups in total. The van der Waals surface area contributed by atoms with Gasteiger partial charge in [-0.15, -0.1) is 0 Å². The number of carbonyl (C=O) groups is 2. The van der Waals surface area contributed by atoms with Crippen LogP contribution in [0.5, 0.6) is 0 Å². The largest absolute Gasteiger partial charge is 0.274 e. The van der Waals surface area contributed by atoms with Crippen LogP contribution >= 0.6 is 31.9 Å². The molecule has 0 radical (unpaired) electrons. The third kappa shape index (κ3) is 1.90. The second-order valence-electron chi connectivity index (χ2n) is 7.93. The number of imide groups is 1. The number of alkyl halides is 2. The van der Waals surface area contributed by atoms with Gasteiger partial charge in [-0.3, -0.25) is 9.59 Å². The smallest absolute Gasteiger partial charge is 0.239 e. The first kappa shape index (κ1) is 18.5. The molecule has 1 heterocycles.